The van der Waals surface area contributed by atoms with E-state index >= 15 is 0 Å². The van der Waals surface area contributed by atoms with Crippen molar-refractivity contribution in [3.8, 4) is 0 Å². The highest BCUT2D eigenvalue weighted by atomic mass is 16.5. The number of piperidine rings is 1. The van der Waals surface area contributed by atoms with Gasteiger partial charge < -0.3 is 25.6 Å². The van der Waals surface area contributed by atoms with Gasteiger partial charge in [0.05, 0.1) is 48.8 Å². The number of nitrogens with zero attached hydrogens (tertiary/aromatic N) is 5. The molecule has 5 N–H and O–H groups in total. The quantitative estimate of drug-likeness (QED) is 0.0773. The summed E-state index contributed by atoms with van der Waals surface area (Å²) in [5.41, 5.74) is 4.86. The molecule has 1 fully saturated rings. The van der Waals surface area contributed by atoms with Crippen LogP contribution in [0.25, 0.3) is 0 Å². The molecule has 7 rings (SSSR count). The molecular formula is C42H50N10O7. The highest BCUT2D eigenvalue weighted by Gasteiger charge is 2.45. The van der Waals surface area contributed by atoms with Gasteiger partial charge in [0.1, 0.15) is 6.04 Å². The highest BCUT2D eigenvalue weighted by molar-refractivity contribution is 6.25. The Bertz CT molecular complexity index is 2230. The molecule has 0 spiro atoms. The third-order valence-corrected chi connectivity index (χ3v) is 11.1. The fourth-order valence-corrected chi connectivity index (χ4v) is 7.86. The van der Waals surface area contributed by atoms with Crippen LogP contribution in [0.5, 0.6) is 0 Å². The molecule has 2 aliphatic heterocycles. The molecule has 17 heteroatoms. The topological polar surface area (TPSA) is 213 Å². The molecule has 6 amide bonds. The number of carbonyl (C=O) groups excluding carboxylic acids is 6. The monoisotopic (exact) mass is 806 g/mol. The predicted octanol–water partition coefficient (Wildman–Crippen LogP) is 2.93. The largest absolute Gasteiger partial charge is 0.378 e. The fourth-order valence-electron chi connectivity index (χ4n) is 7.86. The van der Waals surface area contributed by atoms with Crippen LogP contribution < -0.4 is 21.3 Å². The lowest BCUT2D eigenvalue weighted by Gasteiger charge is -2.28. The van der Waals surface area contributed by atoms with Crippen LogP contribution in [0, 0.1) is 5.41 Å². The van der Waals surface area contributed by atoms with Gasteiger partial charge in [0, 0.05) is 49.2 Å². The van der Waals surface area contributed by atoms with Crippen molar-refractivity contribution in [3.63, 3.8) is 0 Å². The SMILES string of the molecule is CN(CCOCCNC(=O)CNc1cccc2c1C(=O)N(C1CCC(=O)NC1=O)C2=O)CC[C@@H](c1ccccc1)n1cc(NC(=O)c2n[nH]c3c2CCC(C)(C)C3)cn1. The number of amides is 6. The molecule has 59 heavy (non-hydrogen) atoms. The summed E-state index contributed by atoms with van der Waals surface area (Å²) in [6.45, 7) is 6.71. The number of ether oxygens (including phenoxy) is 1. The molecule has 0 radical (unpaired) electrons. The number of rotatable bonds is 17. The molecule has 4 aromatic rings. The minimum atomic E-state index is -1.08. The van der Waals surface area contributed by atoms with Crippen LogP contribution in [-0.2, 0) is 32.0 Å². The van der Waals surface area contributed by atoms with Gasteiger partial charge >= 0.3 is 0 Å². The Kier molecular flexibility index (Phi) is 12.3. The highest BCUT2D eigenvalue weighted by Crippen LogP contribution is 2.35. The van der Waals surface area contributed by atoms with E-state index in [1.165, 1.54) is 6.07 Å². The maximum absolute atomic E-state index is 13.3. The zero-order valence-electron chi connectivity index (χ0n) is 33.5. The van der Waals surface area contributed by atoms with E-state index in [0.29, 0.717) is 36.8 Å². The summed E-state index contributed by atoms with van der Waals surface area (Å²) in [6, 6.07) is 13.6. The number of imide groups is 2. The van der Waals surface area contributed by atoms with Crippen LogP contribution >= 0.6 is 0 Å². The Morgan fingerprint density at radius 1 is 1.02 bits per heavy atom. The first-order valence-corrected chi connectivity index (χ1v) is 20.0. The molecule has 310 valence electrons. The smallest absolute Gasteiger partial charge is 0.276 e. The first-order chi connectivity index (χ1) is 28.4. The molecule has 1 unspecified atom stereocenters. The van der Waals surface area contributed by atoms with Gasteiger partial charge in [-0.05, 0) is 62.3 Å². The average molecular weight is 807 g/mol. The third-order valence-electron chi connectivity index (χ3n) is 11.1. The lowest BCUT2D eigenvalue weighted by atomic mass is 9.76. The van der Waals surface area contributed by atoms with Crippen LogP contribution in [0.1, 0.15) is 93.6 Å². The van der Waals surface area contributed by atoms with Gasteiger partial charge in [-0.25, -0.2) is 0 Å². The predicted molar refractivity (Wildman–Crippen MR) is 217 cm³/mol. The third kappa shape index (κ3) is 9.42. The lowest BCUT2D eigenvalue weighted by molar-refractivity contribution is -0.136. The van der Waals surface area contributed by atoms with Crippen molar-refractivity contribution in [2.75, 3.05) is 57.1 Å². The average Bonchev–Trinajstić information content (AvgIpc) is 3.91. The molecule has 0 saturated carbocycles. The number of carbonyl (C=O) groups is 6. The van der Waals surface area contributed by atoms with E-state index < -0.39 is 29.7 Å². The number of anilines is 2. The van der Waals surface area contributed by atoms with Gasteiger partial charge in [-0.15, -0.1) is 0 Å². The number of nitrogens with one attached hydrogen (secondary N) is 5. The number of hydrogen-bond donors (Lipinski definition) is 5. The van der Waals surface area contributed by atoms with Crippen molar-refractivity contribution < 1.29 is 33.5 Å². The normalized spacial score (nSPS) is 17.7. The van der Waals surface area contributed by atoms with E-state index in [1.54, 1.807) is 18.3 Å². The molecule has 1 aliphatic carbocycles. The molecule has 1 saturated heterocycles. The van der Waals surface area contributed by atoms with E-state index in [4.69, 9.17) is 4.74 Å². The lowest BCUT2D eigenvalue weighted by Crippen LogP contribution is -2.54. The summed E-state index contributed by atoms with van der Waals surface area (Å²) in [5, 5.41) is 23.0. The summed E-state index contributed by atoms with van der Waals surface area (Å²) >= 11 is 0. The zero-order chi connectivity index (χ0) is 41.7. The van der Waals surface area contributed by atoms with E-state index in [1.807, 2.05) is 36.1 Å². The number of hydrogen-bond acceptors (Lipinski definition) is 11. The first-order valence-electron chi connectivity index (χ1n) is 20.0. The van der Waals surface area contributed by atoms with Gasteiger partial charge in [0.25, 0.3) is 17.7 Å². The molecule has 2 atom stereocenters. The maximum Gasteiger partial charge on any atom is 0.276 e. The molecule has 3 aliphatic rings. The standard InChI is InChI=1S/C42H50N10O7/c1-42(2)16-14-28-31(22-42)48-49-37(28)39(56)46-27-23-45-51(25-27)32(26-8-5-4-6-9-26)15-18-50(3)19-21-59-20-17-43-35(54)24-44-30-11-7-10-29-36(30)41(58)52(40(29)57)33-12-13-34(53)47-38(33)55/h4-11,23,25,32-33,44H,12-22,24H2,1-3H3,(H,43,54)(H,46,56)(H,48,49)(H,47,53,55)/t32-,33?/m0/s1. The van der Waals surface area contributed by atoms with Crippen molar-refractivity contribution in [1.29, 1.82) is 0 Å². The summed E-state index contributed by atoms with van der Waals surface area (Å²) in [5.74, 6) is -2.98. The Morgan fingerprint density at radius 2 is 1.83 bits per heavy atom. The Morgan fingerprint density at radius 3 is 2.63 bits per heavy atom. The number of aromatic nitrogens is 4. The van der Waals surface area contributed by atoms with Gasteiger partial charge in [0.15, 0.2) is 5.69 Å². The second-order valence-corrected chi connectivity index (χ2v) is 16.0. The molecular weight excluding hydrogens is 757 g/mol. The molecule has 0 bridgehead atoms. The summed E-state index contributed by atoms with van der Waals surface area (Å²) < 4.78 is 7.68. The van der Waals surface area contributed by atoms with Gasteiger partial charge in [-0.1, -0.05) is 50.2 Å². The van der Waals surface area contributed by atoms with Crippen LogP contribution in [0.4, 0.5) is 11.4 Å². The number of likely N-dealkylation sites (N-methyl/N-ethyl adjacent to an activating group) is 1. The van der Waals surface area contributed by atoms with E-state index in [2.05, 4.69) is 67.4 Å². The number of aromatic amines is 1. The Labute approximate surface area is 341 Å². The van der Waals surface area contributed by atoms with E-state index in [9.17, 15) is 28.8 Å². The van der Waals surface area contributed by atoms with Gasteiger partial charge in [-0.3, -0.25) is 48.8 Å². The van der Waals surface area contributed by atoms with Crippen LogP contribution in [-0.4, -0.2) is 118 Å². The Balaban J connectivity index is 0.832. The second-order valence-electron chi connectivity index (χ2n) is 16.0. The van der Waals surface area contributed by atoms with E-state index in [-0.39, 0.29) is 60.3 Å². The maximum atomic E-state index is 13.3. The summed E-state index contributed by atoms with van der Waals surface area (Å²) in [7, 11) is 2.02. The van der Waals surface area contributed by atoms with Crippen LogP contribution in [0.2, 0.25) is 0 Å². The van der Waals surface area contributed by atoms with Crippen LogP contribution in [0.3, 0.4) is 0 Å². The van der Waals surface area contributed by atoms with Crippen molar-refractivity contribution >= 4 is 46.8 Å². The summed E-state index contributed by atoms with van der Waals surface area (Å²) in [4.78, 5) is 79.3. The second kappa shape index (κ2) is 17.7. The molecule has 2 aromatic heterocycles. The minimum absolute atomic E-state index is 0.0249. The first kappa shape index (κ1) is 41.0. The van der Waals surface area contributed by atoms with Crippen LogP contribution in [0.15, 0.2) is 60.9 Å². The van der Waals surface area contributed by atoms with Gasteiger partial charge in [-0.2, -0.15) is 10.2 Å². The minimum Gasteiger partial charge on any atom is -0.378 e. The van der Waals surface area contributed by atoms with Crippen molar-refractivity contribution in [3.05, 3.63) is 94.6 Å². The molecule has 4 heterocycles. The zero-order valence-corrected chi connectivity index (χ0v) is 33.5. The van der Waals surface area contributed by atoms with Gasteiger partial charge in [0.2, 0.25) is 17.7 Å². The van der Waals surface area contributed by atoms with Crippen molar-refractivity contribution in [2.24, 2.45) is 5.41 Å². The van der Waals surface area contributed by atoms with E-state index in [0.717, 1.165) is 53.9 Å². The van der Waals surface area contributed by atoms with Crippen molar-refractivity contribution in [2.45, 2.75) is 64.5 Å². The fraction of sp³-hybridized carbons (Fsp3) is 0.429. The Hall–Kier alpha value is -6.20. The molecule has 2 aromatic carbocycles. The number of fused-ring (bicyclic) bond motifs is 2. The summed E-state index contributed by atoms with van der Waals surface area (Å²) in [6.07, 6.45) is 7.03. The van der Waals surface area contributed by atoms with Crippen molar-refractivity contribution in [1.82, 2.24) is 40.4 Å². The molecule has 17 nitrogen and oxygen atoms in total. The number of H-pyrrole nitrogens is 1. The number of benzene rings is 2.